The first kappa shape index (κ1) is 10.0. The van der Waals surface area contributed by atoms with Crippen molar-refractivity contribution in [2.45, 2.75) is 39.8 Å². The summed E-state index contributed by atoms with van der Waals surface area (Å²) in [7, 11) is 0. The minimum Gasteiger partial charge on any atom is -0.376 e. The molecule has 0 N–H and O–H groups in total. The summed E-state index contributed by atoms with van der Waals surface area (Å²) in [5.41, 5.74) is 0. The summed E-state index contributed by atoms with van der Waals surface area (Å²) in [6.45, 7) is 12.1. The van der Waals surface area contributed by atoms with Gasteiger partial charge in [-0.15, -0.1) is 0 Å². The third kappa shape index (κ3) is 2.46. The van der Waals surface area contributed by atoms with Crippen LogP contribution in [0.1, 0.15) is 27.7 Å². The number of hydrogen-bond donors (Lipinski definition) is 0. The lowest BCUT2D eigenvalue weighted by atomic mass is 10.0. The third-order valence-electron chi connectivity index (χ3n) is 2.81. The Morgan fingerprint density at radius 1 is 1.33 bits per heavy atom. The van der Waals surface area contributed by atoms with Gasteiger partial charge in [-0.3, -0.25) is 4.90 Å². The fourth-order valence-electron chi connectivity index (χ4n) is 1.64. The molecule has 1 fully saturated rings. The van der Waals surface area contributed by atoms with Crippen LogP contribution < -0.4 is 0 Å². The summed E-state index contributed by atoms with van der Waals surface area (Å²) < 4.78 is 5.50. The molecule has 1 saturated heterocycles. The van der Waals surface area contributed by atoms with E-state index in [0.29, 0.717) is 12.1 Å². The van der Waals surface area contributed by atoms with Crippen molar-refractivity contribution in [3.05, 3.63) is 0 Å². The lowest BCUT2D eigenvalue weighted by molar-refractivity contribution is -0.0378. The van der Waals surface area contributed by atoms with Gasteiger partial charge in [0.05, 0.1) is 12.7 Å². The second-order valence-electron chi connectivity index (χ2n) is 4.16. The third-order valence-corrected chi connectivity index (χ3v) is 2.81. The SMILES string of the molecule is CC(C)C(C)N1CCO[C@H](C)C1. The fraction of sp³-hybridized carbons (Fsp3) is 1.00. The minimum atomic E-state index is 0.417. The highest BCUT2D eigenvalue weighted by molar-refractivity contribution is 4.75. The van der Waals surface area contributed by atoms with Crippen molar-refractivity contribution in [1.29, 1.82) is 0 Å². The molecule has 2 nitrogen and oxygen atoms in total. The van der Waals surface area contributed by atoms with E-state index in [4.69, 9.17) is 4.74 Å². The largest absolute Gasteiger partial charge is 0.376 e. The average Bonchev–Trinajstić information content (AvgIpc) is 2.03. The smallest absolute Gasteiger partial charge is 0.0674 e. The maximum Gasteiger partial charge on any atom is 0.0674 e. The molecule has 0 spiro atoms. The topological polar surface area (TPSA) is 12.5 Å². The van der Waals surface area contributed by atoms with E-state index in [-0.39, 0.29) is 0 Å². The summed E-state index contributed by atoms with van der Waals surface area (Å²) in [5, 5.41) is 0. The second-order valence-corrected chi connectivity index (χ2v) is 4.16. The summed E-state index contributed by atoms with van der Waals surface area (Å²) in [6.07, 6.45) is 0.417. The first-order valence-corrected chi connectivity index (χ1v) is 4.97. The van der Waals surface area contributed by atoms with Crippen molar-refractivity contribution in [3.8, 4) is 0 Å². The van der Waals surface area contributed by atoms with E-state index in [1.54, 1.807) is 0 Å². The van der Waals surface area contributed by atoms with E-state index in [0.717, 1.165) is 25.6 Å². The lowest BCUT2D eigenvalue weighted by Gasteiger charge is -2.37. The van der Waals surface area contributed by atoms with Gasteiger partial charge in [0.2, 0.25) is 0 Å². The van der Waals surface area contributed by atoms with Crippen molar-refractivity contribution in [3.63, 3.8) is 0 Å². The molecule has 0 aliphatic carbocycles. The molecule has 2 heteroatoms. The molecule has 0 aromatic rings. The summed E-state index contributed by atoms with van der Waals surface area (Å²) in [6, 6.07) is 0.691. The highest BCUT2D eigenvalue weighted by atomic mass is 16.5. The first-order valence-electron chi connectivity index (χ1n) is 4.97. The Kier molecular flexibility index (Phi) is 3.53. The molecular formula is C10H21NO. The van der Waals surface area contributed by atoms with Crippen LogP contribution in [0.2, 0.25) is 0 Å². The highest BCUT2D eigenvalue weighted by Gasteiger charge is 2.22. The van der Waals surface area contributed by atoms with Crippen molar-refractivity contribution >= 4 is 0 Å². The molecule has 0 aromatic heterocycles. The minimum absolute atomic E-state index is 0.417. The zero-order valence-corrected chi connectivity index (χ0v) is 8.71. The Hall–Kier alpha value is -0.0800. The van der Waals surface area contributed by atoms with Gasteiger partial charge in [0.25, 0.3) is 0 Å². The maximum atomic E-state index is 5.50. The van der Waals surface area contributed by atoms with Crippen LogP contribution in [0.15, 0.2) is 0 Å². The maximum absolute atomic E-state index is 5.50. The van der Waals surface area contributed by atoms with E-state index in [1.807, 2.05) is 0 Å². The Morgan fingerprint density at radius 2 is 2.00 bits per heavy atom. The quantitative estimate of drug-likeness (QED) is 0.627. The summed E-state index contributed by atoms with van der Waals surface area (Å²) >= 11 is 0. The van der Waals surface area contributed by atoms with Crippen molar-refractivity contribution in [2.75, 3.05) is 19.7 Å². The van der Waals surface area contributed by atoms with Gasteiger partial charge >= 0.3 is 0 Å². The molecule has 0 saturated carbocycles. The van der Waals surface area contributed by atoms with Gasteiger partial charge < -0.3 is 4.74 Å². The molecule has 12 heavy (non-hydrogen) atoms. The zero-order valence-electron chi connectivity index (χ0n) is 8.71. The van der Waals surface area contributed by atoms with Gasteiger partial charge in [0.15, 0.2) is 0 Å². The van der Waals surface area contributed by atoms with Crippen molar-refractivity contribution in [2.24, 2.45) is 5.92 Å². The van der Waals surface area contributed by atoms with Crippen LogP contribution in [-0.4, -0.2) is 36.7 Å². The predicted octanol–water partition coefficient (Wildman–Crippen LogP) is 1.75. The summed E-state index contributed by atoms with van der Waals surface area (Å²) in [4.78, 5) is 2.53. The van der Waals surface area contributed by atoms with E-state index in [2.05, 4.69) is 32.6 Å². The van der Waals surface area contributed by atoms with Crippen molar-refractivity contribution in [1.82, 2.24) is 4.90 Å². The number of rotatable bonds is 2. The van der Waals surface area contributed by atoms with Gasteiger partial charge in [-0.2, -0.15) is 0 Å². The molecule has 0 bridgehead atoms. The van der Waals surface area contributed by atoms with Crippen LogP contribution in [0.3, 0.4) is 0 Å². The summed E-state index contributed by atoms with van der Waals surface area (Å²) in [5.74, 6) is 0.746. The normalized spacial score (nSPS) is 29.2. The molecule has 1 unspecified atom stereocenters. The monoisotopic (exact) mass is 171 g/mol. The molecule has 1 rings (SSSR count). The molecule has 1 aliphatic rings. The number of hydrogen-bond acceptors (Lipinski definition) is 2. The van der Waals surface area contributed by atoms with E-state index in [1.165, 1.54) is 0 Å². The number of ether oxygens (including phenoxy) is 1. The standard InChI is InChI=1S/C10H21NO/c1-8(2)10(4)11-5-6-12-9(3)7-11/h8-10H,5-7H2,1-4H3/t9-,10?/m1/s1. The van der Waals surface area contributed by atoms with Gasteiger partial charge in [0.1, 0.15) is 0 Å². The Bertz CT molecular complexity index is 136. The van der Waals surface area contributed by atoms with Crippen LogP contribution in [0.5, 0.6) is 0 Å². The van der Waals surface area contributed by atoms with Gasteiger partial charge in [-0.25, -0.2) is 0 Å². The molecule has 1 heterocycles. The van der Waals surface area contributed by atoms with Crippen LogP contribution in [0.25, 0.3) is 0 Å². The van der Waals surface area contributed by atoms with Crippen LogP contribution in [-0.2, 0) is 4.74 Å². The number of morpholine rings is 1. The van der Waals surface area contributed by atoms with Crippen LogP contribution in [0.4, 0.5) is 0 Å². The molecule has 0 radical (unpaired) electrons. The number of nitrogens with zero attached hydrogens (tertiary/aromatic N) is 1. The van der Waals surface area contributed by atoms with Crippen molar-refractivity contribution < 1.29 is 4.74 Å². The van der Waals surface area contributed by atoms with E-state index >= 15 is 0 Å². The van der Waals surface area contributed by atoms with Gasteiger partial charge in [-0.1, -0.05) is 13.8 Å². The Labute approximate surface area is 75.9 Å². The predicted molar refractivity (Wildman–Crippen MR) is 51.3 cm³/mol. The molecule has 1 aliphatic heterocycles. The van der Waals surface area contributed by atoms with Gasteiger partial charge in [0, 0.05) is 19.1 Å². The average molecular weight is 171 g/mol. The van der Waals surface area contributed by atoms with Gasteiger partial charge in [-0.05, 0) is 19.8 Å². The van der Waals surface area contributed by atoms with E-state index < -0.39 is 0 Å². The van der Waals surface area contributed by atoms with Crippen LogP contribution >= 0.6 is 0 Å². The Balaban J connectivity index is 2.40. The molecular weight excluding hydrogens is 150 g/mol. The zero-order chi connectivity index (χ0) is 9.14. The van der Waals surface area contributed by atoms with Crippen LogP contribution in [0, 0.1) is 5.92 Å². The lowest BCUT2D eigenvalue weighted by Crippen LogP contribution is -2.47. The van der Waals surface area contributed by atoms with E-state index in [9.17, 15) is 0 Å². The molecule has 72 valence electrons. The molecule has 0 aromatic carbocycles. The Morgan fingerprint density at radius 3 is 2.50 bits per heavy atom. The highest BCUT2D eigenvalue weighted by Crippen LogP contribution is 2.14. The first-order chi connectivity index (χ1) is 5.61. The second kappa shape index (κ2) is 4.24. The fourth-order valence-corrected chi connectivity index (χ4v) is 1.64. The molecule has 0 amide bonds. The molecule has 2 atom stereocenters.